The summed E-state index contributed by atoms with van der Waals surface area (Å²) in [6, 6.07) is 9.51. The maximum absolute atomic E-state index is 13.4. The maximum Gasteiger partial charge on any atom is 0.264 e. The van der Waals surface area contributed by atoms with Gasteiger partial charge in [0.05, 0.1) is 5.69 Å². The van der Waals surface area contributed by atoms with E-state index in [4.69, 9.17) is 4.74 Å². The second kappa shape index (κ2) is 8.48. The van der Waals surface area contributed by atoms with Crippen LogP contribution in [0.15, 0.2) is 41.8 Å². The molecule has 1 aromatic heterocycles. The summed E-state index contributed by atoms with van der Waals surface area (Å²) in [5.41, 5.74) is 2.98. The van der Waals surface area contributed by atoms with Gasteiger partial charge in [0, 0.05) is 10.9 Å². The lowest BCUT2D eigenvalue weighted by atomic mass is 10.0. The van der Waals surface area contributed by atoms with Crippen LogP contribution in [0.25, 0.3) is 11.3 Å². The summed E-state index contributed by atoms with van der Waals surface area (Å²) in [6.07, 6.45) is 0. The first-order valence-corrected chi connectivity index (χ1v) is 9.65. The van der Waals surface area contributed by atoms with Crippen LogP contribution >= 0.6 is 11.3 Å². The molecule has 1 N–H and O–H groups in total. The number of benzene rings is 2. The van der Waals surface area contributed by atoms with Gasteiger partial charge < -0.3 is 4.74 Å². The molecule has 0 aliphatic rings. The number of amides is 1. The monoisotopic (exact) mass is 402 g/mol. The zero-order valence-corrected chi connectivity index (χ0v) is 16.6. The molecule has 28 heavy (non-hydrogen) atoms. The van der Waals surface area contributed by atoms with E-state index in [1.54, 1.807) is 5.38 Å². The second-order valence-electron chi connectivity index (χ2n) is 6.68. The van der Waals surface area contributed by atoms with Crippen molar-refractivity contribution >= 4 is 22.4 Å². The number of ether oxygens (including phenoxy) is 1. The van der Waals surface area contributed by atoms with E-state index in [1.165, 1.54) is 17.4 Å². The van der Waals surface area contributed by atoms with Gasteiger partial charge in [0.2, 0.25) is 0 Å². The second-order valence-corrected chi connectivity index (χ2v) is 7.54. The molecule has 4 nitrogen and oxygen atoms in total. The minimum atomic E-state index is -0.941. The summed E-state index contributed by atoms with van der Waals surface area (Å²) < 4.78 is 32.1. The Labute approximate surface area is 166 Å². The average Bonchev–Trinajstić information content (AvgIpc) is 3.11. The normalized spacial score (nSPS) is 10.9. The van der Waals surface area contributed by atoms with Crippen molar-refractivity contribution in [1.29, 1.82) is 0 Å². The molecule has 0 radical (unpaired) electrons. The average molecular weight is 402 g/mol. The summed E-state index contributed by atoms with van der Waals surface area (Å²) in [4.78, 5) is 16.4. The van der Waals surface area contributed by atoms with Crippen molar-refractivity contribution in [3.8, 4) is 17.0 Å². The quantitative estimate of drug-likeness (QED) is 0.589. The van der Waals surface area contributed by atoms with Crippen LogP contribution in [-0.4, -0.2) is 17.5 Å². The Hall–Kier alpha value is -2.80. The standard InChI is InChI=1S/C21H20F2N2O2S/c1-12(2)14-5-4-13(3)19(9-14)27-10-20(26)25-21-24-18(11-28-21)15-6-7-16(22)17(23)8-15/h4-9,11-12H,10H2,1-3H3,(H,24,25,26). The van der Waals surface area contributed by atoms with Crippen LogP contribution in [0.5, 0.6) is 5.75 Å². The summed E-state index contributed by atoms with van der Waals surface area (Å²) in [5, 5.41) is 4.69. The lowest BCUT2D eigenvalue weighted by Gasteiger charge is -2.12. The van der Waals surface area contributed by atoms with Crippen LogP contribution in [0.3, 0.4) is 0 Å². The number of aromatic nitrogens is 1. The lowest BCUT2D eigenvalue weighted by molar-refractivity contribution is -0.118. The summed E-state index contributed by atoms with van der Waals surface area (Å²) in [7, 11) is 0. The molecule has 2 aromatic carbocycles. The Balaban J connectivity index is 1.62. The SMILES string of the molecule is Cc1ccc(C(C)C)cc1OCC(=O)Nc1nc(-c2ccc(F)c(F)c2)cs1. The molecule has 0 aliphatic carbocycles. The number of nitrogens with one attached hydrogen (secondary N) is 1. The van der Waals surface area contributed by atoms with E-state index >= 15 is 0 Å². The minimum absolute atomic E-state index is 0.150. The smallest absolute Gasteiger partial charge is 0.264 e. The van der Waals surface area contributed by atoms with E-state index in [2.05, 4.69) is 24.1 Å². The van der Waals surface area contributed by atoms with Crippen LogP contribution in [0.1, 0.15) is 30.9 Å². The van der Waals surface area contributed by atoms with Crippen molar-refractivity contribution in [3.05, 3.63) is 64.5 Å². The van der Waals surface area contributed by atoms with E-state index in [0.717, 1.165) is 23.3 Å². The number of hydrogen-bond donors (Lipinski definition) is 1. The van der Waals surface area contributed by atoms with Gasteiger partial charge in [0.25, 0.3) is 5.91 Å². The van der Waals surface area contributed by atoms with Crippen LogP contribution in [0.2, 0.25) is 0 Å². The van der Waals surface area contributed by atoms with Crippen molar-refractivity contribution in [2.45, 2.75) is 26.7 Å². The zero-order chi connectivity index (χ0) is 20.3. The molecule has 3 aromatic rings. The Morgan fingerprint density at radius 2 is 1.96 bits per heavy atom. The van der Waals surface area contributed by atoms with Gasteiger partial charge in [-0.05, 0) is 48.2 Å². The molecule has 0 aliphatic heterocycles. The lowest BCUT2D eigenvalue weighted by Crippen LogP contribution is -2.20. The fourth-order valence-corrected chi connectivity index (χ4v) is 3.29. The molecule has 1 amide bonds. The van der Waals surface area contributed by atoms with Gasteiger partial charge in [-0.25, -0.2) is 13.8 Å². The van der Waals surface area contributed by atoms with E-state index in [0.29, 0.717) is 28.1 Å². The van der Waals surface area contributed by atoms with Gasteiger partial charge in [-0.2, -0.15) is 0 Å². The van der Waals surface area contributed by atoms with Crippen molar-refractivity contribution in [1.82, 2.24) is 4.98 Å². The van der Waals surface area contributed by atoms with Crippen LogP contribution in [0, 0.1) is 18.6 Å². The maximum atomic E-state index is 13.4. The Bertz CT molecular complexity index is 1000. The number of halogens is 2. The number of nitrogens with zero attached hydrogens (tertiary/aromatic N) is 1. The molecule has 3 rings (SSSR count). The topological polar surface area (TPSA) is 51.2 Å². The van der Waals surface area contributed by atoms with Crippen LogP contribution < -0.4 is 10.1 Å². The van der Waals surface area contributed by atoms with Crippen molar-refractivity contribution in [3.63, 3.8) is 0 Å². The third-order valence-corrected chi connectivity index (χ3v) is 4.96. The number of thiazole rings is 1. The molecular formula is C21H20F2N2O2S. The predicted molar refractivity (Wildman–Crippen MR) is 107 cm³/mol. The summed E-state index contributed by atoms with van der Waals surface area (Å²) >= 11 is 1.20. The third kappa shape index (κ3) is 4.72. The van der Waals surface area contributed by atoms with Gasteiger partial charge >= 0.3 is 0 Å². The molecule has 0 unspecified atom stereocenters. The first-order valence-electron chi connectivity index (χ1n) is 8.77. The van der Waals surface area contributed by atoms with Crippen LogP contribution in [0.4, 0.5) is 13.9 Å². The largest absolute Gasteiger partial charge is 0.483 e. The van der Waals surface area contributed by atoms with Gasteiger partial charge in [0.1, 0.15) is 5.75 Å². The molecule has 0 saturated heterocycles. The highest BCUT2D eigenvalue weighted by Gasteiger charge is 2.12. The Morgan fingerprint density at radius 3 is 2.68 bits per heavy atom. The summed E-state index contributed by atoms with van der Waals surface area (Å²) in [6.45, 7) is 5.96. The number of rotatable bonds is 6. The summed E-state index contributed by atoms with van der Waals surface area (Å²) in [5.74, 6) is -1.17. The van der Waals surface area contributed by atoms with Crippen LogP contribution in [-0.2, 0) is 4.79 Å². The fraction of sp³-hybridized carbons (Fsp3) is 0.238. The number of carbonyl (C=O) groups is 1. The number of carbonyl (C=O) groups excluding carboxylic acids is 1. The van der Waals surface area contributed by atoms with Crippen molar-refractivity contribution in [2.24, 2.45) is 0 Å². The first kappa shape index (κ1) is 19.9. The van der Waals surface area contributed by atoms with E-state index < -0.39 is 11.6 Å². The zero-order valence-electron chi connectivity index (χ0n) is 15.8. The first-order chi connectivity index (χ1) is 13.3. The Morgan fingerprint density at radius 1 is 1.18 bits per heavy atom. The molecule has 1 heterocycles. The molecule has 0 atom stereocenters. The molecule has 0 spiro atoms. The van der Waals surface area contributed by atoms with E-state index in [-0.39, 0.29) is 12.5 Å². The van der Waals surface area contributed by atoms with E-state index in [1.807, 2.05) is 25.1 Å². The van der Waals surface area contributed by atoms with Gasteiger partial charge in [-0.1, -0.05) is 26.0 Å². The molecule has 0 saturated carbocycles. The van der Waals surface area contributed by atoms with Gasteiger partial charge in [0.15, 0.2) is 23.4 Å². The number of aryl methyl sites for hydroxylation is 1. The number of anilines is 1. The molecule has 146 valence electrons. The fourth-order valence-electron chi connectivity index (χ4n) is 2.55. The van der Waals surface area contributed by atoms with Crippen molar-refractivity contribution < 1.29 is 18.3 Å². The molecule has 7 heteroatoms. The van der Waals surface area contributed by atoms with E-state index in [9.17, 15) is 13.6 Å². The predicted octanol–water partition coefficient (Wildman–Crippen LogP) is 5.54. The molecule has 0 fully saturated rings. The third-order valence-electron chi connectivity index (χ3n) is 4.20. The minimum Gasteiger partial charge on any atom is -0.483 e. The molecular weight excluding hydrogens is 382 g/mol. The van der Waals surface area contributed by atoms with Crippen molar-refractivity contribution in [2.75, 3.05) is 11.9 Å². The van der Waals surface area contributed by atoms with Gasteiger partial charge in [-0.15, -0.1) is 11.3 Å². The highest BCUT2D eigenvalue weighted by molar-refractivity contribution is 7.14. The highest BCUT2D eigenvalue weighted by Crippen LogP contribution is 2.27. The molecule has 0 bridgehead atoms. The highest BCUT2D eigenvalue weighted by atomic mass is 32.1. The Kier molecular flexibility index (Phi) is 6.04. The van der Waals surface area contributed by atoms with Gasteiger partial charge in [-0.3, -0.25) is 10.1 Å². The number of hydrogen-bond acceptors (Lipinski definition) is 4.